The molecule has 0 radical (unpaired) electrons. The molecule has 1 nitrogen and oxygen atoms in total. The van der Waals surface area contributed by atoms with Gasteiger partial charge in [-0.25, -0.2) is 0 Å². The van der Waals surface area contributed by atoms with E-state index in [1.165, 1.54) is 30.4 Å². The van der Waals surface area contributed by atoms with Gasteiger partial charge in [-0.2, -0.15) is 0 Å². The molecular weight excluding hydrogens is 230 g/mol. The van der Waals surface area contributed by atoms with E-state index >= 15 is 0 Å². The highest BCUT2D eigenvalue weighted by atomic mass is 14.8. The van der Waals surface area contributed by atoms with Crippen molar-refractivity contribution in [2.24, 2.45) is 0 Å². The molecule has 0 amide bonds. The van der Waals surface area contributed by atoms with Gasteiger partial charge in [-0.1, -0.05) is 68.1 Å². The van der Waals surface area contributed by atoms with Crippen LogP contribution < -0.4 is 5.32 Å². The van der Waals surface area contributed by atoms with Gasteiger partial charge in [0.2, 0.25) is 0 Å². The summed E-state index contributed by atoms with van der Waals surface area (Å²) in [4.78, 5) is 0. The van der Waals surface area contributed by atoms with E-state index in [1.807, 2.05) is 0 Å². The van der Waals surface area contributed by atoms with Crippen molar-refractivity contribution >= 4 is 0 Å². The van der Waals surface area contributed by atoms with Crippen LogP contribution in [-0.4, -0.2) is 6.54 Å². The molecule has 102 valence electrons. The maximum absolute atomic E-state index is 3.49. The summed E-state index contributed by atoms with van der Waals surface area (Å²) < 4.78 is 0. The highest BCUT2D eigenvalue weighted by Crippen LogP contribution is 2.04. The molecule has 0 aliphatic heterocycles. The van der Waals surface area contributed by atoms with E-state index in [0.29, 0.717) is 0 Å². The minimum Gasteiger partial charge on any atom is -0.313 e. The van der Waals surface area contributed by atoms with Crippen molar-refractivity contribution in [3.05, 3.63) is 71.8 Å². The second-order valence-electron chi connectivity index (χ2n) is 4.61. The fraction of sp³-hybridized carbons (Fsp3) is 0.333. The average molecular weight is 255 g/mol. The summed E-state index contributed by atoms with van der Waals surface area (Å²) in [6, 6.07) is 21.3. The number of aryl methyl sites for hydroxylation is 1. The van der Waals surface area contributed by atoms with Crippen LogP contribution in [0.2, 0.25) is 0 Å². The number of benzene rings is 2. The first-order chi connectivity index (χ1) is 8.95. The van der Waals surface area contributed by atoms with Crippen LogP contribution in [0.1, 0.15) is 31.4 Å². The molecule has 1 N–H and O–H groups in total. The lowest BCUT2D eigenvalue weighted by Gasteiger charge is -2.05. The van der Waals surface area contributed by atoms with E-state index in [1.54, 1.807) is 0 Å². The zero-order valence-corrected chi connectivity index (χ0v) is 10.8. The summed E-state index contributed by atoms with van der Waals surface area (Å²) in [5, 5.41) is 3.49. The van der Waals surface area contributed by atoms with Gasteiger partial charge in [-0.3, -0.25) is 0 Å². The zero-order valence-electron chi connectivity index (χ0n) is 10.8. The normalized spacial score (nSPS) is 9.89. The first-order valence-electron chi connectivity index (χ1n) is 6.74. The van der Waals surface area contributed by atoms with Crippen molar-refractivity contribution in [3.63, 3.8) is 0 Å². The van der Waals surface area contributed by atoms with Crippen LogP contribution in [0.5, 0.6) is 0 Å². The van der Waals surface area contributed by atoms with Crippen LogP contribution in [-0.2, 0) is 13.0 Å². The lowest BCUT2D eigenvalue weighted by Crippen LogP contribution is -2.14. The molecule has 0 aliphatic rings. The zero-order chi connectivity index (χ0) is 12.5. The Morgan fingerprint density at radius 3 is 1.89 bits per heavy atom. The van der Waals surface area contributed by atoms with Gasteiger partial charge < -0.3 is 5.32 Å². The Bertz CT molecular complexity index is 378. The molecule has 0 fully saturated rings. The predicted octanol–water partition coefficient (Wildman–Crippen LogP) is 4.44. The van der Waals surface area contributed by atoms with Crippen molar-refractivity contribution in [1.29, 1.82) is 0 Å². The Labute approximate surface area is 117 Å². The molecular formula is C18H25N. The van der Waals surface area contributed by atoms with E-state index in [-0.39, 0.29) is 7.43 Å². The number of nitrogens with one attached hydrogen (secondary N) is 1. The Morgan fingerprint density at radius 2 is 1.26 bits per heavy atom. The van der Waals surface area contributed by atoms with Gasteiger partial charge >= 0.3 is 0 Å². The Morgan fingerprint density at radius 1 is 0.684 bits per heavy atom. The molecule has 0 heterocycles. The third-order valence-corrected chi connectivity index (χ3v) is 3.08. The fourth-order valence-corrected chi connectivity index (χ4v) is 2.05. The first kappa shape index (κ1) is 15.5. The highest BCUT2D eigenvalue weighted by Gasteiger charge is 1.93. The molecule has 0 spiro atoms. The van der Waals surface area contributed by atoms with Gasteiger partial charge in [-0.05, 0) is 36.9 Å². The van der Waals surface area contributed by atoms with Crippen LogP contribution in [0.15, 0.2) is 60.7 Å². The summed E-state index contributed by atoms with van der Waals surface area (Å²) in [7, 11) is 0. The summed E-state index contributed by atoms with van der Waals surface area (Å²) in [5.74, 6) is 0. The van der Waals surface area contributed by atoms with Gasteiger partial charge in [0.15, 0.2) is 0 Å². The summed E-state index contributed by atoms with van der Waals surface area (Å²) in [6.07, 6.45) is 3.68. The molecule has 0 atom stereocenters. The van der Waals surface area contributed by atoms with Gasteiger partial charge in [0.05, 0.1) is 0 Å². The first-order valence-corrected chi connectivity index (χ1v) is 6.74. The predicted molar refractivity (Wildman–Crippen MR) is 84.3 cm³/mol. The molecule has 0 saturated heterocycles. The van der Waals surface area contributed by atoms with Crippen molar-refractivity contribution < 1.29 is 0 Å². The van der Waals surface area contributed by atoms with Crippen molar-refractivity contribution in [2.45, 2.75) is 33.2 Å². The quantitative estimate of drug-likeness (QED) is 0.721. The van der Waals surface area contributed by atoms with Crippen LogP contribution in [0.25, 0.3) is 0 Å². The minimum atomic E-state index is 0. The molecule has 2 aromatic rings. The van der Waals surface area contributed by atoms with E-state index < -0.39 is 0 Å². The Hall–Kier alpha value is -1.60. The standard InChI is InChI=1S/C17H21N.CH4/c1-3-9-16(10-4-1)11-7-8-14-18-15-17-12-5-2-6-13-17;/h1-6,9-10,12-13,18H,7-8,11,14-15H2;1H4. The minimum absolute atomic E-state index is 0. The Balaban J connectivity index is 0.00000180. The number of rotatable bonds is 7. The van der Waals surface area contributed by atoms with Crippen LogP contribution in [0.4, 0.5) is 0 Å². The van der Waals surface area contributed by atoms with Crippen molar-refractivity contribution in [1.82, 2.24) is 5.32 Å². The number of hydrogen-bond acceptors (Lipinski definition) is 1. The monoisotopic (exact) mass is 255 g/mol. The van der Waals surface area contributed by atoms with Crippen LogP contribution >= 0.6 is 0 Å². The molecule has 0 aliphatic carbocycles. The molecule has 19 heavy (non-hydrogen) atoms. The van der Waals surface area contributed by atoms with Gasteiger partial charge in [0.1, 0.15) is 0 Å². The summed E-state index contributed by atoms with van der Waals surface area (Å²) >= 11 is 0. The second kappa shape index (κ2) is 9.35. The molecule has 0 bridgehead atoms. The van der Waals surface area contributed by atoms with Gasteiger partial charge in [0.25, 0.3) is 0 Å². The largest absolute Gasteiger partial charge is 0.313 e. The van der Waals surface area contributed by atoms with E-state index in [2.05, 4.69) is 66.0 Å². The lowest BCUT2D eigenvalue weighted by atomic mass is 10.1. The SMILES string of the molecule is C.c1ccc(CCCCNCc2ccccc2)cc1. The fourth-order valence-electron chi connectivity index (χ4n) is 2.05. The van der Waals surface area contributed by atoms with E-state index in [9.17, 15) is 0 Å². The molecule has 0 saturated carbocycles. The Kier molecular flexibility index (Phi) is 7.60. The van der Waals surface area contributed by atoms with Crippen molar-refractivity contribution in [3.8, 4) is 0 Å². The van der Waals surface area contributed by atoms with E-state index in [4.69, 9.17) is 0 Å². The highest BCUT2D eigenvalue weighted by molar-refractivity contribution is 5.15. The maximum Gasteiger partial charge on any atom is 0.0205 e. The molecule has 2 rings (SSSR count). The number of unbranched alkanes of at least 4 members (excludes halogenated alkanes) is 1. The average Bonchev–Trinajstić information content (AvgIpc) is 2.45. The van der Waals surface area contributed by atoms with Crippen molar-refractivity contribution in [2.75, 3.05) is 6.54 Å². The van der Waals surface area contributed by atoms with Crippen LogP contribution in [0, 0.1) is 0 Å². The number of hydrogen-bond donors (Lipinski definition) is 1. The smallest absolute Gasteiger partial charge is 0.0205 e. The van der Waals surface area contributed by atoms with E-state index in [0.717, 1.165) is 13.1 Å². The molecule has 0 unspecified atom stereocenters. The molecule has 2 aromatic carbocycles. The lowest BCUT2D eigenvalue weighted by molar-refractivity contribution is 0.623. The summed E-state index contributed by atoms with van der Waals surface area (Å²) in [5.41, 5.74) is 2.81. The maximum atomic E-state index is 3.49. The second-order valence-corrected chi connectivity index (χ2v) is 4.61. The molecule has 1 heteroatoms. The van der Waals surface area contributed by atoms with Gasteiger partial charge in [0, 0.05) is 6.54 Å². The third kappa shape index (κ3) is 6.21. The summed E-state index contributed by atoms with van der Waals surface area (Å²) in [6.45, 7) is 2.08. The van der Waals surface area contributed by atoms with Gasteiger partial charge in [-0.15, -0.1) is 0 Å². The molecule has 0 aromatic heterocycles. The topological polar surface area (TPSA) is 12.0 Å². The van der Waals surface area contributed by atoms with Crippen LogP contribution in [0.3, 0.4) is 0 Å². The third-order valence-electron chi connectivity index (χ3n) is 3.08.